The average molecular weight is 448 g/mol. The maximum Gasteiger partial charge on any atom is 0.273 e. The highest BCUT2D eigenvalue weighted by Crippen LogP contribution is 2.42. The minimum absolute atomic E-state index is 0.0343. The van der Waals surface area contributed by atoms with Crippen molar-refractivity contribution in [3.63, 3.8) is 0 Å². The van der Waals surface area contributed by atoms with Gasteiger partial charge in [0.2, 0.25) is 5.91 Å². The van der Waals surface area contributed by atoms with Gasteiger partial charge in [0.25, 0.3) is 11.6 Å². The molecule has 2 amide bonds. The zero-order chi connectivity index (χ0) is 22.8. The normalized spacial score (nSPS) is 15.6. The van der Waals surface area contributed by atoms with Crippen LogP contribution in [0.15, 0.2) is 66.7 Å². The van der Waals surface area contributed by atoms with Gasteiger partial charge in [-0.1, -0.05) is 30.3 Å². The minimum atomic E-state index is -0.499. The van der Waals surface area contributed by atoms with Crippen LogP contribution in [-0.4, -0.2) is 22.5 Å². The van der Waals surface area contributed by atoms with Crippen LogP contribution in [0, 0.1) is 24.0 Å². The van der Waals surface area contributed by atoms with Crippen molar-refractivity contribution in [1.29, 1.82) is 0 Å². The number of nitro benzene ring substituents is 1. The predicted molar refractivity (Wildman–Crippen MR) is 126 cm³/mol. The molecule has 1 atom stereocenters. The van der Waals surface area contributed by atoms with Crippen LogP contribution in [0.4, 0.5) is 17.1 Å². The van der Waals surface area contributed by atoms with Gasteiger partial charge in [0, 0.05) is 28.6 Å². The number of hydrogen-bond acceptors (Lipinski definition) is 5. The summed E-state index contributed by atoms with van der Waals surface area (Å²) in [6.07, 6.45) is 0. The van der Waals surface area contributed by atoms with Gasteiger partial charge >= 0.3 is 0 Å². The quantitative estimate of drug-likeness (QED) is 0.426. The Balaban J connectivity index is 1.58. The largest absolute Gasteiger partial charge is 0.322 e. The van der Waals surface area contributed by atoms with Crippen LogP contribution >= 0.6 is 11.8 Å². The molecular formula is C24H21N3O4S. The zero-order valence-electron chi connectivity index (χ0n) is 17.6. The second-order valence-electron chi connectivity index (χ2n) is 7.60. The molecule has 0 bridgehead atoms. The molecule has 8 heteroatoms. The van der Waals surface area contributed by atoms with Crippen LogP contribution in [0.5, 0.6) is 0 Å². The smallest absolute Gasteiger partial charge is 0.273 e. The van der Waals surface area contributed by atoms with E-state index < -0.39 is 10.8 Å². The first-order valence-electron chi connectivity index (χ1n) is 10.00. The fraction of sp³-hybridized carbons (Fsp3) is 0.167. The van der Waals surface area contributed by atoms with Crippen molar-refractivity contribution in [3.8, 4) is 0 Å². The number of aryl methyl sites for hydroxylation is 2. The number of hydrogen-bond donors (Lipinski definition) is 1. The average Bonchev–Trinajstić information content (AvgIpc) is 3.15. The lowest BCUT2D eigenvalue weighted by Gasteiger charge is -2.25. The van der Waals surface area contributed by atoms with E-state index in [4.69, 9.17) is 0 Å². The molecule has 3 aromatic carbocycles. The van der Waals surface area contributed by atoms with Crippen LogP contribution in [0.1, 0.15) is 32.4 Å². The Labute approximate surface area is 189 Å². The summed E-state index contributed by atoms with van der Waals surface area (Å²) in [7, 11) is 0. The van der Waals surface area contributed by atoms with E-state index in [-0.39, 0.29) is 22.5 Å². The van der Waals surface area contributed by atoms with E-state index in [1.54, 1.807) is 30.0 Å². The molecule has 0 aromatic heterocycles. The molecule has 162 valence electrons. The van der Waals surface area contributed by atoms with Crippen molar-refractivity contribution in [1.82, 2.24) is 0 Å². The van der Waals surface area contributed by atoms with Crippen LogP contribution in [0.25, 0.3) is 0 Å². The van der Waals surface area contributed by atoms with Gasteiger partial charge in [0.15, 0.2) is 0 Å². The lowest BCUT2D eigenvalue weighted by Crippen LogP contribution is -2.27. The lowest BCUT2D eigenvalue weighted by molar-refractivity contribution is -0.385. The molecule has 0 unspecified atom stereocenters. The molecule has 1 aliphatic rings. The van der Waals surface area contributed by atoms with Crippen molar-refractivity contribution in [2.45, 2.75) is 19.2 Å². The highest BCUT2D eigenvalue weighted by Gasteiger charge is 2.34. The molecule has 32 heavy (non-hydrogen) atoms. The van der Waals surface area contributed by atoms with Crippen LogP contribution in [0.3, 0.4) is 0 Å². The van der Waals surface area contributed by atoms with Crippen LogP contribution < -0.4 is 10.2 Å². The molecule has 1 aliphatic heterocycles. The zero-order valence-corrected chi connectivity index (χ0v) is 18.4. The number of benzene rings is 3. The Bertz CT molecular complexity index is 1230. The third-order valence-corrected chi connectivity index (χ3v) is 6.46. The summed E-state index contributed by atoms with van der Waals surface area (Å²) in [4.78, 5) is 37.8. The summed E-state index contributed by atoms with van der Waals surface area (Å²) < 4.78 is 0. The van der Waals surface area contributed by atoms with Crippen molar-refractivity contribution in [3.05, 3.63) is 99.1 Å². The van der Waals surface area contributed by atoms with E-state index in [9.17, 15) is 19.7 Å². The molecule has 7 nitrogen and oxygen atoms in total. The van der Waals surface area contributed by atoms with E-state index in [1.807, 2.05) is 49.4 Å². The second-order valence-corrected chi connectivity index (χ2v) is 8.67. The molecule has 0 radical (unpaired) electrons. The third kappa shape index (κ3) is 4.36. The highest BCUT2D eigenvalue weighted by molar-refractivity contribution is 8.00. The molecule has 3 aromatic rings. The van der Waals surface area contributed by atoms with E-state index in [0.717, 1.165) is 16.8 Å². The van der Waals surface area contributed by atoms with Gasteiger partial charge in [-0.2, -0.15) is 0 Å². The van der Waals surface area contributed by atoms with Crippen molar-refractivity contribution in [2.75, 3.05) is 16.0 Å². The third-order valence-electron chi connectivity index (χ3n) is 5.25. The monoisotopic (exact) mass is 447 g/mol. The minimum Gasteiger partial charge on any atom is -0.322 e. The topological polar surface area (TPSA) is 92.6 Å². The van der Waals surface area contributed by atoms with Crippen molar-refractivity contribution >= 4 is 40.6 Å². The second kappa shape index (κ2) is 8.84. The SMILES string of the molecule is Cc1cccc(N2C(=O)CS[C@H]2c2cccc(NC(=O)c3ccc(C)c([N+](=O)[O-])c3)c2)c1. The number of nitrogens with zero attached hydrogens (tertiary/aromatic N) is 2. The molecule has 0 aliphatic carbocycles. The number of carbonyl (C=O) groups is 2. The van der Waals surface area contributed by atoms with Crippen molar-refractivity contribution < 1.29 is 14.5 Å². The summed E-state index contributed by atoms with van der Waals surface area (Å²) in [6, 6.07) is 19.5. The Kier molecular flexibility index (Phi) is 5.96. The van der Waals surface area contributed by atoms with Gasteiger partial charge in [-0.05, 0) is 55.3 Å². The number of anilines is 2. The maximum atomic E-state index is 12.7. The first-order valence-corrected chi connectivity index (χ1v) is 11.0. The molecule has 4 rings (SSSR count). The molecule has 0 saturated carbocycles. The first-order chi connectivity index (χ1) is 15.3. The predicted octanol–water partition coefficient (Wildman–Crippen LogP) is 5.24. The summed E-state index contributed by atoms with van der Waals surface area (Å²) in [5.74, 6) is -0.0228. The molecule has 1 N–H and O–H groups in total. The lowest BCUT2D eigenvalue weighted by atomic mass is 10.1. The number of rotatable bonds is 5. The Morgan fingerprint density at radius 2 is 1.88 bits per heavy atom. The number of nitro groups is 1. The Morgan fingerprint density at radius 3 is 2.62 bits per heavy atom. The Hall–Kier alpha value is -3.65. The fourth-order valence-corrected chi connectivity index (χ4v) is 4.82. The van der Waals surface area contributed by atoms with Crippen LogP contribution in [0.2, 0.25) is 0 Å². The van der Waals surface area contributed by atoms with Crippen LogP contribution in [-0.2, 0) is 4.79 Å². The summed E-state index contributed by atoms with van der Waals surface area (Å²) >= 11 is 1.53. The standard InChI is InChI=1S/C24H21N3O4S/c1-15-5-3-8-20(11-15)26-22(28)14-32-24(26)18-6-4-7-19(12-18)25-23(29)17-10-9-16(2)21(13-17)27(30)31/h3-13,24H,14H2,1-2H3,(H,25,29)/t24-/m0/s1. The van der Waals surface area contributed by atoms with Gasteiger partial charge in [0.1, 0.15) is 5.37 Å². The summed E-state index contributed by atoms with van der Waals surface area (Å²) in [6.45, 7) is 3.61. The van der Waals surface area contributed by atoms with Gasteiger partial charge in [-0.15, -0.1) is 11.8 Å². The Morgan fingerprint density at radius 1 is 1.09 bits per heavy atom. The first kappa shape index (κ1) is 21.6. The van der Waals surface area contributed by atoms with Gasteiger partial charge in [-0.25, -0.2) is 0 Å². The van der Waals surface area contributed by atoms with Gasteiger partial charge in [-0.3, -0.25) is 24.6 Å². The van der Waals surface area contributed by atoms with E-state index in [2.05, 4.69) is 5.32 Å². The number of thioether (sulfide) groups is 1. The number of carbonyl (C=O) groups excluding carboxylic acids is 2. The molecular weight excluding hydrogens is 426 g/mol. The molecule has 1 fully saturated rings. The number of amides is 2. The van der Waals surface area contributed by atoms with Gasteiger partial charge in [0.05, 0.1) is 10.7 Å². The maximum absolute atomic E-state index is 12.7. The van der Waals surface area contributed by atoms with Gasteiger partial charge < -0.3 is 5.32 Å². The van der Waals surface area contributed by atoms with E-state index in [1.165, 1.54) is 17.8 Å². The summed E-state index contributed by atoms with van der Waals surface area (Å²) in [5, 5.41) is 13.8. The summed E-state index contributed by atoms with van der Waals surface area (Å²) in [5.41, 5.74) is 3.95. The van der Waals surface area contributed by atoms with E-state index in [0.29, 0.717) is 17.0 Å². The number of nitrogens with one attached hydrogen (secondary N) is 1. The fourth-order valence-electron chi connectivity index (χ4n) is 3.65. The van der Waals surface area contributed by atoms with Crippen molar-refractivity contribution in [2.24, 2.45) is 0 Å². The highest BCUT2D eigenvalue weighted by atomic mass is 32.2. The molecule has 0 spiro atoms. The van der Waals surface area contributed by atoms with E-state index >= 15 is 0 Å². The molecule has 1 saturated heterocycles. The molecule has 1 heterocycles.